The quantitative estimate of drug-likeness (QED) is 0.735. The number of nitrogens with zero attached hydrogens (tertiary/aromatic N) is 1. The molecule has 2 aliphatic rings. The Balaban J connectivity index is 1.89. The number of hydrogen-bond acceptors (Lipinski definition) is 4. The number of thioether (sulfide) groups is 1. The molecule has 0 saturated carbocycles. The van der Waals surface area contributed by atoms with Gasteiger partial charge < -0.3 is 4.90 Å². The molecule has 0 bridgehead atoms. The van der Waals surface area contributed by atoms with Crippen LogP contribution in [0.15, 0.2) is 0 Å². The summed E-state index contributed by atoms with van der Waals surface area (Å²) in [5.41, 5.74) is 0. The summed E-state index contributed by atoms with van der Waals surface area (Å²) in [4.78, 5) is 25.0. The van der Waals surface area contributed by atoms with Crippen LogP contribution in [0.4, 0.5) is 0 Å². The van der Waals surface area contributed by atoms with Gasteiger partial charge in [0.05, 0.1) is 6.04 Å². The Morgan fingerprint density at radius 1 is 1.33 bits per heavy atom. The first-order valence-corrected chi connectivity index (χ1v) is 6.40. The van der Waals surface area contributed by atoms with Crippen molar-refractivity contribution < 1.29 is 9.59 Å². The molecule has 2 atom stereocenters. The van der Waals surface area contributed by atoms with Crippen LogP contribution in [0.5, 0.6) is 0 Å². The van der Waals surface area contributed by atoms with Crippen molar-refractivity contribution in [2.24, 2.45) is 0 Å². The fourth-order valence-electron chi connectivity index (χ4n) is 2.01. The Labute approximate surface area is 93.8 Å². The summed E-state index contributed by atoms with van der Waals surface area (Å²) < 4.78 is 0. The first-order chi connectivity index (χ1) is 7.18. The van der Waals surface area contributed by atoms with Gasteiger partial charge in [-0.05, 0) is 19.8 Å². The Bertz CT molecular complexity index is 277. The lowest BCUT2D eigenvalue weighted by Gasteiger charge is -2.19. The molecule has 2 aliphatic heterocycles. The highest BCUT2D eigenvalue weighted by Gasteiger charge is 2.34. The van der Waals surface area contributed by atoms with Gasteiger partial charge in [-0.15, -0.1) is 11.8 Å². The minimum atomic E-state index is -0.179. The van der Waals surface area contributed by atoms with E-state index in [4.69, 9.17) is 0 Å². The molecule has 2 heterocycles. The van der Waals surface area contributed by atoms with E-state index in [1.807, 2.05) is 4.90 Å². The Morgan fingerprint density at radius 3 is 2.53 bits per heavy atom. The van der Waals surface area contributed by atoms with Gasteiger partial charge in [0.2, 0.25) is 5.91 Å². The molecule has 4 nitrogen and oxygen atoms in total. The van der Waals surface area contributed by atoms with Crippen molar-refractivity contribution in [3.05, 3.63) is 0 Å². The fourth-order valence-corrected chi connectivity index (χ4v) is 3.13. The number of carbonyl (C=O) groups excluding carboxylic acids is 2. The van der Waals surface area contributed by atoms with Crippen molar-refractivity contribution in [2.75, 3.05) is 18.8 Å². The zero-order valence-electron chi connectivity index (χ0n) is 8.86. The summed E-state index contributed by atoms with van der Waals surface area (Å²) >= 11 is 1.54. The number of nitrogens with one attached hydrogen (secondary N) is 1. The van der Waals surface area contributed by atoms with Crippen LogP contribution in [0.25, 0.3) is 0 Å². The lowest BCUT2D eigenvalue weighted by Crippen LogP contribution is -2.46. The minimum absolute atomic E-state index is 0.108. The van der Waals surface area contributed by atoms with Crippen molar-refractivity contribution in [1.29, 1.82) is 0 Å². The molecule has 0 aromatic heterocycles. The van der Waals surface area contributed by atoms with Crippen molar-refractivity contribution in [1.82, 2.24) is 10.2 Å². The second-order valence-corrected chi connectivity index (χ2v) is 5.21. The van der Waals surface area contributed by atoms with E-state index in [-0.39, 0.29) is 23.1 Å². The van der Waals surface area contributed by atoms with Crippen molar-refractivity contribution in [2.45, 2.75) is 31.2 Å². The highest BCUT2D eigenvalue weighted by molar-refractivity contribution is 8.00. The van der Waals surface area contributed by atoms with Crippen LogP contribution in [0, 0.1) is 0 Å². The SMILES string of the molecule is CC(=O)C1NC(C(=O)N2CCCC2)CS1. The van der Waals surface area contributed by atoms with Crippen molar-refractivity contribution in [3.8, 4) is 0 Å². The Hall–Kier alpha value is -0.550. The predicted octanol–water partition coefficient (Wildman–Crippen LogP) is 0.229. The van der Waals surface area contributed by atoms with Crippen molar-refractivity contribution in [3.63, 3.8) is 0 Å². The number of ketones is 1. The lowest BCUT2D eigenvalue weighted by atomic mass is 10.3. The summed E-state index contributed by atoms with van der Waals surface area (Å²) in [7, 11) is 0. The normalized spacial score (nSPS) is 30.9. The van der Waals surface area contributed by atoms with Crippen LogP contribution in [0.2, 0.25) is 0 Å². The second kappa shape index (κ2) is 4.53. The summed E-state index contributed by atoms with van der Waals surface area (Å²) in [6.07, 6.45) is 2.23. The zero-order valence-corrected chi connectivity index (χ0v) is 9.68. The maximum atomic E-state index is 12.0. The maximum Gasteiger partial charge on any atom is 0.240 e. The number of rotatable bonds is 2. The van der Waals surface area contributed by atoms with Crippen LogP contribution in [0.1, 0.15) is 19.8 Å². The van der Waals surface area contributed by atoms with E-state index >= 15 is 0 Å². The number of Topliss-reactive ketones (excluding diaryl/α,β-unsaturated/α-hetero) is 1. The van der Waals surface area contributed by atoms with Gasteiger partial charge in [0.25, 0.3) is 0 Å². The van der Waals surface area contributed by atoms with Crippen LogP contribution in [0.3, 0.4) is 0 Å². The third-order valence-corrected chi connectivity index (χ3v) is 4.19. The molecular formula is C10H16N2O2S. The van der Waals surface area contributed by atoms with E-state index in [9.17, 15) is 9.59 Å². The number of hydrogen-bond donors (Lipinski definition) is 1. The molecule has 2 unspecified atom stereocenters. The van der Waals surface area contributed by atoms with Gasteiger partial charge in [-0.25, -0.2) is 0 Å². The van der Waals surface area contributed by atoms with Gasteiger partial charge in [-0.3, -0.25) is 14.9 Å². The van der Waals surface area contributed by atoms with E-state index in [1.54, 1.807) is 6.92 Å². The first-order valence-electron chi connectivity index (χ1n) is 5.35. The van der Waals surface area contributed by atoms with Crippen LogP contribution >= 0.6 is 11.8 Å². The molecule has 5 heteroatoms. The number of likely N-dealkylation sites (tertiary alicyclic amines) is 1. The van der Waals surface area contributed by atoms with Crippen molar-refractivity contribution >= 4 is 23.5 Å². The Kier molecular flexibility index (Phi) is 3.31. The highest BCUT2D eigenvalue weighted by atomic mass is 32.2. The monoisotopic (exact) mass is 228 g/mol. The topological polar surface area (TPSA) is 49.4 Å². The molecule has 0 aliphatic carbocycles. The van der Waals surface area contributed by atoms with Crippen LogP contribution in [-0.2, 0) is 9.59 Å². The summed E-state index contributed by atoms with van der Waals surface area (Å²) in [5.74, 6) is 1.00. The molecule has 0 aromatic rings. The van der Waals surface area contributed by atoms with E-state index in [2.05, 4.69) is 5.32 Å². The number of amides is 1. The molecule has 1 amide bonds. The molecule has 1 N–H and O–H groups in total. The average molecular weight is 228 g/mol. The van der Waals surface area contributed by atoms with Gasteiger partial charge in [-0.2, -0.15) is 0 Å². The molecule has 2 saturated heterocycles. The van der Waals surface area contributed by atoms with E-state index in [0.717, 1.165) is 31.7 Å². The van der Waals surface area contributed by atoms with Gasteiger partial charge >= 0.3 is 0 Å². The predicted molar refractivity (Wildman–Crippen MR) is 59.7 cm³/mol. The third kappa shape index (κ3) is 2.34. The Morgan fingerprint density at radius 2 is 2.00 bits per heavy atom. The molecular weight excluding hydrogens is 212 g/mol. The molecule has 0 aromatic carbocycles. The summed E-state index contributed by atoms with van der Waals surface area (Å²) in [6.45, 7) is 3.33. The molecule has 2 rings (SSSR count). The molecule has 2 fully saturated rings. The maximum absolute atomic E-state index is 12.0. The third-order valence-electron chi connectivity index (χ3n) is 2.87. The molecule has 15 heavy (non-hydrogen) atoms. The largest absolute Gasteiger partial charge is 0.341 e. The van der Waals surface area contributed by atoms with E-state index < -0.39 is 0 Å². The summed E-state index contributed by atoms with van der Waals surface area (Å²) in [5, 5.41) is 2.91. The van der Waals surface area contributed by atoms with Gasteiger partial charge in [-0.1, -0.05) is 0 Å². The molecule has 0 spiro atoms. The smallest absolute Gasteiger partial charge is 0.240 e. The minimum Gasteiger partial charge on any atom is -0.341 e. The fraction of sp³-hybridized carbons (Fsp3) is 0.800. The van der Waals surface area contributed by atoms with Gasteiger partial charge in [0.1, 0.15) is 5.37 Å². The highest BCUT2D eigenvalue weighted by Crippen LogP contribution is 2.21. The standard InChI is InChI=1S/C10H16N2O2S/c1-7(13)9-11-8(6-15-9)10(14)12-4-2-3-5-12/h8-9,11H,2-6H2,1H3. The van der Waals surface area contributed by atoms with Crippen LogP contribution < -0.4 is 5.32 Å². The lowest BCUT2D eigenvalue weighted by molar-refractivity contribution is -0.131. The first kappa shape index (κ1) is 11.0. The van der Waals surface area contributed by atoms with Crippen LogP contribution in [-0.4, -0.2) is 46.8 Å². The molecule has 0 radical (unpaired) electrons. The average Bonchev–Trinajstić information content (AvgIpc) is 2.88. The van der Waals surface area contributed by atoms with E-state index in [1.165, 1.54) is 11.8 Å². The number of carbonyl (C=O) groups is 2. The summed E-state index contributed by atoms with van der Waals surface area (Å²) in [6, 6.07) is -0.151. The van der Waals surface area contributed by atoms with E-state index in [0.29, 0.717) is 0 Å². The second-order valence-electron chi connectivity index (χ2n) is 4.08. The van der Waals surface area contributed by atoms with Gasteiger partial charge in [0, 0.05) is 18.8 Å². The van der Waals surface area contributed by atoms with Gasteiger partial charge in [0.15, 0.2) is 5.78 Å². The molecule has 84 valence electrons. The zero-order chi connectivity index (χ0) is 10.8.